The lowest BCUT2D eigenvalue weighted by molar-refractivity contribution is -0.147. The van der Waals surface area contributed by atoms with Crippen molar-refractivity contribution in [2.45, 2.75) is 37.8 Å². The number of likely N-dealkylation sites (tertiary alicyclic amines) is 1. The van der Waals surface area contributed by atoms with Gasteiger partial charge in [0.05, 0.1) is 11.8 Å². The van der Waals surface area contributed by atoms with Crippen LogP contribution in [0.15, 0.2) is 36.4 Å². The zero-order valence-corrected chi connectivity index (χ0v) is 17.2. The van der Waals surface area contributed by atoms with E-state index < -0.39 is 23.0 Å². The van der Waals surface area contributed by atoms with E-state index in [1.54, 1.807) is 12.1 Å². The molecule has 4 nitrogen and oxygen atoms in total. The largest absolute Gasteiger partial charge is 0.379 e. The maximum Gasteiger partial charge on any atom is 0.237 e. The van der Waals surface area contributed by atoms with E-state index in [9.17, 15) is 14.7 Å². The van der Waals surface area contributed by atoms with E-state index >= 15 is 0 Å². The van der Waals surface area contributed by atoms with Crippen LogP contribution in [0.25, 0.3) is 0 Å². The van der Waals surface area contributed by atoms with E-state index in [1.807, 2.05) is 45.0 Å². The van der Waals surface area contributed by atoms with Crippen LogP contribution in [0.1, 0.15) is 48.9 Å². The van der Waals surface area contributed by atoms with E-state index in [-0.39, 0.29) is 17.7 Å². The maximum atomic E-state index is 13.5. The smallest absolute Gasteiger partial charge is 0.237 e. The van der Waals surface area contributed by atoms with Crippen molar-refractivity contribution in [1.29, 1.82) is 0 Å². The Morgan fingerprint density at radius 3 is 1.89 bits per heavy atom. The Labute approximate surface area is 173 Å². The summed E-state index contributed by atoms with van der Waals surface area (Å²) < 4.78 is 0. The van der Waals surface area contributed by atoms with Crippen LogP contribution in [-0.4, -0.2) is 27.4 Å². The van der Waals surface area contributed by atoms with Crippen molar-refractivity contribution in [3.63, 3.8) is 0 Å². The van der Waals surface area contributed by atoms with Gasteiger partial charge >= 0.3 is 0 Å². The fourth-order valence-corrected chi connectivity index (χ4v) is 6.17. The first-order valence-electron chi connectivity index (χ1n) is 9.28. The molecule has 2 bridgehead atoms. The van der Waals surface area contributed by atoms with Crippen LogP contribution < -0.4 is 0 Å². The Hall–Kier alpha value is -1.88. The molecule has 1 heterocycles. The normalized spacial score (nSPS) is 30.4. The first kappa shape index (κ1) is 18.2. The molecule has 3 aliphatic carbocycles. The fourth-order valence-electron chi connectivity index (χ4n) is 5.52. The van der Waals surface area contributed by atoms with E-state index in [1.165, 1.54) is 4.90 Å². The third kappa shape index (κ3) is 1.91. The summed E-state index contributed by atoms with van der Waals surface area (Å²) in [7, 11) is 0. The summed E-state index contributed by atoms with van der Waals surface area (Å²) in [6.45, 7) is 5.48. The molecule has 0 spiro atoms. The standard InChI is InChI=1S/C22H19Cl2NO3/c1-21(2,3)25-19(26)15-14-10-6-4-8-12(23)16(10)22(28,18(15)20(25)27)17-11(14)7-5-9-13(17)24/h4-9,14-15,18,28H,1-3H3. The molecule has 2 unspecified atom stereocenters. The molecule has 0 aromatic heterocycles. The number of rotatable bonds is 0. The Balaban J connectivity index is 1.90. The molecule has 1 aliphatic heterocycles. The Morgan fingerprint density at radius 1 is 0.929 bits per heavy atom. The first-order valence-corrected chi connectivity index (χ1v) is 10.0. The number of carbonyl (C=O) groups is 2. The molecule has 6 heteroatoms. The second-order valence-corrected chi connectivity index (χ2v) is 9.65. The molecule has 2 aromatic carbocycles. The van der Waals surface area contributed by atoms with Crippen LogP contribution in [0.2, 0.25) is 10.0 Å². The average Bonchev–Trinajstić information content (AvgIpc) is 2.87. The second-order valence-electron chi connectivity index (χ2n) is 8.84. The number of hydrogen-bond donors (Lipinski definition) is 1. The third-order valence-electron chi connectivity index (χ3n) is 6.36. The third-order valence-corrected chi connectivity index (χ3v) is 6.99. The molecule has 0 saturated carbocycles. The van der Waals surface area contributed by atoms with Gasteiger partial charge in [0.2, 0.25) is 11.8 Å². The first-order chi connectivity index (χ1) is 13.1. The topological polar surface area (TPSA) is 57.6 Å². The predicted octanol–water partition coefficient (Wildman–Crippen LogP) is 4.09. The summed E-state index contributed by atoms with van der Waals surface area (Å²) in [5.74, 6) is -2.60. The number of hydrogen-bond acceptors (Lipinski definition) is 3. The summed E-state index contributed by atoms with van der Waals surface area (Å²) in [4.78, 5) is 28.2. The number of benzene rings is 2. The van der Waals surface area contributed by atoms with Crippen molar-refractivity contribution in [2.75, 3.05) is 0 Å². The van der Waals surface area contributed by atoms with Gasteiger partial charge < -0.3 is 5.11 Å². The molecule has 2 amide bonds. The zero-order chi connectivity index (χ0) is 20.2. The van der Waals surface area contributed by atoms with Gasteiger partial charge in [0.15, 0.2) is 0 Å². The van der Waals surface area contributed by atoms with Gasteiger partial charge in [-0.15, -0.1) is 0 Å². The molecule has 4 aliphatic rings. The molecule has 1 saturated heterocycles. The average molecular weight is 416 g/mol. The summed E-state index contributed by atoms with van der Waals surface area (Å²) in [6, 6.07) is 10.8. The second kappa shape index (κ2) is 5.38. The van der Waals surface area contributed by atoms with Crippen molar-refractivity contribution in [1.82, 2.24) is 4.90 Å². The SMILES string of the molecule is CC(C)(C)N1C(=O)C2C3c4cccc(Cl)c4C(O)(c4c(Cl)cccc43)C2C1=O. The fraction of sp³-hybridized carbons (Fsp3) is 0.364. The lowest BCUT2D eigenvalue weighted by atomic mass is 9.52. The van der Waals surface area contributed by atoms with Gasteiger partial charge in [-0.2, -0.15) is 0 Å². The van der Waals surface area contributed by atoms with E-state index in [4.69, 9.17) is 23.2 Å². The minimum absolute atomic E-state index is 0.248. The maximum absolute atomic E-state index is 13.5. The minimum Gasteiger partial charge on any atom is -0.379 e. The molecule has 2 aromatic rings. The molecule has 144 valence electrons. The summed E-state index contributed by atoms with van der Waals surface area (Å²) >= 11 is 13.1. The quantitative estimate of drug-likeness (QED) is 0.659. The number of nitrogens with zero attached hydrogens (tertiary/aromatic N) is 1. The minimum atomic E-state index is -1.74. The molecule has 0 radical (unpaired) electrons. The van der Waals surface area contributed by atoms with Gasteiger partial charge in [0.1, 0.15) is 5.60 Å². The number of halogens is 2. The van der Waals surface area contributed by atoms with Gasteiger partial charge in [-0.25, -0.2) is 0 Å². The highest BCUT2D eigenvalue weighted by Gasteiger charge is 2.69. The van der Waals surface area contributed by atoms with Gasteiger partial charge in [0, 0.05) is 32.6 Å². The lowest BCUT2D eigenvalue weighted by Gasteiger charge is -2.51. The highest BCUT2D eigenvalue weighted by Crippen LogP contribution is 2.65. The van der Waals surface area contributed by atoms with Crippen LogP contribution in [0.5, 0.6) is 0 Å². The lowest BCUT2D eigenvalue weighted by Crippen LogP contribution is -2.54. The van der Waals surface area contributed by atoms with E-state index in [2.05, 4.69) is 0 Å². The highest BCUT2D eigenvalue weighted by molar-refractivity contribution is 6.33. The monoisotopic (exact) mass is 415 g/mol. The molecule has 1 N–H and O–H groups in total. The summed E-state index contributed by atoms with van der Waals surface area (Å²) in [5.41, 5.74) is 0.160. The summed E-state index contributed by atoms with van der Waals surface area (Å²) in [6.07, 6.45) is 0. The number of aliphatic hydroxyl groups is 1. The molecule has 1 fully saturated rings. The van der Waals surface area contributed by atoms with E-state index in [0.29, 0.717) is 21.2 Å². The Bertz CT molecular complexity index is 1020. The van der Waals surface area contributed by atoms with Crippen molar-refractivity contribution in [3.05, 3.63) is 68.7 Å². The molecule has 6 rings (SSSR count). The van der Waals surface area contributed by atoms with Crippen molar-refractivity contribution >= 4 is 35.0 Å². The van der Waals surface area contributed by atoms with Crippen LogP contribution >= 0.6 is 23.2 Å². The highest BCUT2D eigenvalue weighted by atomic mass is 35.5. The van der Waals surface area contributed by atoms with Crippen molar-refractivity contribution in [2.24, 2.45) is 11.8 Å². The predicted molar refractivity (Wildman–Crippen MR) is 106 cm³/mol. The zero-order valence-electron chi connectivity index (χ0n) is 15.7. The van der Waals surface area contributed by atoms with E-state index in [0.717, 1.165) is 11.1 Å². The Kier molecular flexibility index (Phi) is 3.49. The molecule has 2 atom stereocenters. The van der Waals surface area contributed by atoms with Crippen LogP contribution in [0, 0.1) is 11.8 Å². The van der Waals surface area contributed by atoms with Crippen LogP contribution in [0.4, 0.5) is 0 Å². The molecular formula is C22H19Cl2NO3. The van der Waals surface area contributed by atoms with Crippen LogP contribution in [0.3, 0.4) is 0 Å². The number of imide groups is 1. The van der Waals surface area contributed by atoms with Gasteiger partial charge in [-0.1, -0.05) is 47.5 Å². The van der Waals surface area contributed by atoms with Crippen molar-refractivity contribution in [3.8, 4) is 0 Å². The Morgan fingerprint density at radius 2 is 1.43 bits per heavy atom. The summed E-state index contributed by atoms with van der Waals surface area (Å²) in [5, 5.41) is 12.9. The van der Waals surface area contributed by atoms with Gasteiger partial charge in [-0.3, -0.25) is 14.5 Å². The van der Waals surface area contributed by atoms with Crippen molar-refractivity contribution < 1.29 is 14.7 Å². The number of carbonyl (C=O) groups excluding carboxylic acids is 2. The van der Waals surface area contributed by atoms with Gasteiger partial charge in [0.25, 0.3) is 0 Å². The molecular weight excluding hydrogens is 397 g/mol. The molecule has 28 heavy (non-hydrogen) atoms. The van der Waals surface area contributed by atoms with Crippen LogP contribution in [-0.2, 0) is 15.2 Å². The number of amides is 2. The van der Waals surface area contributed by atoms with Gasteiger partial charge in [-0.05, 0) is 44.0 Å².